The van der Waals surface area contributed by atoms with Crippen molar-refractivity contribution in [2.24, 2.45) is 0 Å². The second kappa shape index (κ2) is 8.53. The van der Waals surface area contributed by atoms with Crippen molar-refractivity contribution < 1.29 is 9.72 Å². The van der Waals surface area contributed by atoms with Crippen molar-refractivity contribution in [1.82, 2.24) is 15.4 Å². The third kappa shape index (κ3) is 4.77. The van der Waals surface area contributed by atoms with Gasteiger partial charge in [0.15, 0.2) is 0 Å². The summed E-state index contributed by atoms with van der Waals surface area (Å²) in [4.78, 5) is 31.1. The lowest BCUT2D eigenvalue weighted by Gasteiger charge is -2.12. The van der Waals surface area contributed by atoms with E-state index >= 15 is 0 Å². The Kier molecular flexibility index (Phi) is 5.89. The minimum Gasteiger partial charge on any atom is -0.334 e. The number of benzene rings is 2. The molecule has 0 fully saturated rings. The standard InChI is InChI=1S/C19H17ClN6O3/c1-11-3-4-12(2)15(9-11)23-17-16(26(28)29)18(22-10-21-17)24-25-19(27)13-5-7-14(20)8-6-13/h3-10H,1-2H3,(H,25,27)(H2,21,22,23,24). The van der Waals surface area contributed by atoms with Crippen LogP contribution in [0.4, 0.5) is 23.0 Å². The molecule has 0 aliphatic heterocycles. The molecule has 2 aromatic carbocycles. The van der Waals surface area contributed by atoms with Crippen molar-refractivity contribution in [3.63, 3.8) is 0 Å². The Balaban J connectivity index is 1.85. The molecular formula is C19H17ClN6O3. The lowest BCUT2D eigenvalue weighted by Crippen LogP contribution is -2.30. The minimum absolute atomic E-state index is 0.00180. The van der Waals surface area contributed by atoms with E-state index in [1.54, 1.807) is 12.1 Å². The molecule has 9 nitrogen and oxygen atoms in total. The van der Waals surface area contributed by atoms with Crippen LogP contribution in [0.5, 0.6) is 0 Å². The molecule has 3 N–H and O–H groups in total. The van der Waals surface area contributed by atoms with Crippen LogP contribution in [0, 0.1) is 24.0 Å². The monoisotopic (exact) mass is 412 g/mol. The Morgan fingerprint density at radius 2 is 1.76 bits per heavy atom. The molecule has 0 aliphatic carbocycles. The van der Waals surface area contributed by atoms with Crippen LogP contribution in [-0.4, -0.2) is 20.8 Å². The van der Waals surface area contributed by atoms with E-state index in [0.29, 0.717) is 16.3 Å². The van der Waals surface area contributed by atoms with Gasteiger partial charge in [-0.3, -0.25) is 25.8 Å². The van der Waals surface area contributed by atoms with Crippen LogP contribution in [0.25, 0.3) is 0 Å². The van der Waals surface area contributed by atoms with E-state index in [-0.39, 0.29) is 11.6 Å². The first kappa shape index (κ1) is 20.0. The molecule has 29 heavy (non-hydrogen) atoms. The normalized spacial score (nSPS) is 10.3. The van der Waals surface area contributed by atoms with Crippen molar-refractivity contribution >= 4 is 40.5 Å². The molecule has 0 saturated carbocycles. The maximum Gasteiger partial charge on any atom is 0.355 e. The summed E-state index contributed by atoms with van der Waals surface area (Å²) in [6.07, 6.45) is 1.16. The highest BCUT2D eigenvalue weighted by Crippen LogP contribution is 2.32. The molecule has 148 valence electrons. The molecule has 0 saturated heterocycles. The van der Waals surface area contributed by atoms with Gasteiger partial charge in [-0.25, -0.2) is 9.97 Å². The van der Waals surface area contributed by atoms with Crippen molar-refractivity contribution in [1.29, 1.82) is 0 Å². The summed E-state index contributed by atoms with van der Waals surface area (Å²) in [5.74, 6) is -0.652. The van der Waals surface area contributed by atoms with E-state index in [2.05, 4.69) is 26.1 Å². The smallest absolute Gasteiger partial charge is 0.334 e. The van der Waals surface area contributed by atoms with E-state index in [1.807, 2.05) is 32.0 Å². The predicted octanol–water partition coefficient (Wildman–Crippen LogP) is 4.16. The number of carbonyl (C=O) groups is 1. The van der Waals surface area contributed by atoms with Crippen LogP contribution in [0.1, 0.15) is 21.5 Å². The average Bonchev–Trinajstić information content (AvgIpc) is 2.69. The number of amides is 1. The molecule has 1 aromatic heterocycles. The Hall–Kier alpha value is -3.72. The highest BCUT2D eigenvalue weighted by Gasteiger charge is 2.24. The van der Waals surface area contributed by atoms with Crippen LogP contribution in [0.2, 0.25) is 5.02 Å². The summed E-state index contributed by atoms with van der Waals surface area (Å²) in [6.45, 7) is 3.79. The van der Waals surface area contributed by atoms with Crippen LogP contribution < -0.4 is 16.2 Å². The number of hydrazine groups is 1. The lowest BCUT2D eigenvalue weighted by molar-refractivity contribution is -0.383. The molecule has 0 bridgehead atoms. The van der Waals surface area contributed by atoms with E-state index in [0.717, 1.165) is 17.5 Å². The highest BCUT2D eigenvalue weighted by atomic mass is 35.5. The summed E-state index contributed by atoms with van der Waals surface area (Å²) < 4.78 is 0. The highest BCUT2D eigenvalue weighted by molar-refractivity contribution is 6.30. The zero-order valence-electron chi connectivity index (χ0n) is 15.6. The Labute approximate surface area is 171 Å². The summed E-state index contributed by atoms with van der Waals surface area (Å²) in [6, 6.07) is 11.9. The van der Waals surface area contributed by atoms with E-state index in [1.165, 1.54) is 12.1 Å². The molecule has 1 amide bonds. The van der Waals surface area contributed by atoms with E-state index in [9.17, 15) is 14.9 Å². The average molecular weight is 413 g/mol. The summed E-state index contributed by atoms with van der Waals surface area (Å²) in [5, 5.41) is 15.1. The molecule has 10 heteroatoms. The van der Waals surface area contributed by atoms with Gasteiger partial charge < -0.3 is 5.32 Å². The molecule has 0 radical (unpaired) electrons. The number of anilines is 3. The second-order valence-electron chi connectivity index (χ2n) is 6.21. The first-order valence-electron chi connectivity index (χ1n) is 8.50. The fraction of sp³-hybridized carbons (Fsp3) is 0.105. The van der Waals surface area contributed by atoms with Crippen molar-refractivity contribution in [3.8, 4) is 0 Å². The van der Waals surface area contributed by atoms with Crippen molar-refractivity contribution in [3.05, 3.63) is 80.6 Å². The zero-order valence-corrected chi connectivity index (χ0v) is 16.3. The molecule has 0 unspecified atom stereocenters. The number of nitrogens with one attached hydrogen (secondary N) is 3. The topological polar surface area (TPSA) is 122 Å². The number of nitro groups is 1. The third-order valence-electron chi connectivity index (χ3n) is 4.05. The van der Waals surface area contributed by atoms with Crippen LogP contribution in [0.3, 0.4) is 0 Å². The Morgan fingerprint density at radius 3 is 2.45 bits per heavy atom. The van der Waals surface area contributed by atoms with Gasteiger partial charge in [0.25, 0.3) is 5.91 Å². The van der Waals surface area contributed by atoms with Gasteiger partial charge >= 0.3 is 5.69 Å². The number of aromatic nitrogens is 2. The number of halogens is 1. The summed E-state index contributed by atoms with van der Waals surface area (Å²) in [7, 11) is 0. The van der Waals surface area contributed by atoms with Gasteiger partial charge in [0, 0.05) is 16.3 Å². The molecule has 0 atom stereocenters. The number of rotatable bonds is 6. The molecule has 1 heterocycles. The van der Waals surface area contributed by atoms with Crippen LogP contribution in [-0.2, 0) is 0 Å². The van der Waals surface area contributed by atoms with Crippen LogP contribution in [0.15, 0.2) is 48.8 Å². The largest absolute Gasteiger partial charge is 0.355 e. The van der Waals surface area contributed by atoms with Gasteiger partial charge in [0.05, 0.1) is 4.92 Å². The third-order valence-corrected chi connectivity index (χ3v) is 4.30. The van der Waals surface area contributed by atoms with Gasteiger partial charge in [-0.05, 0) is 55.3 Å². The van der Waals surface area contributed by atoms with Gasteiger partial charge in [-0.2, -0.15) is 0 Å². The van der Waals surface area contributed by atoms with Crippen molar-refractivity contribution in [2.75, 3.05) is 10.7 Å². The Bertz CT molecular complexity index is 1070. The van der Waals surface area contributed by atoms with E-state index in [4.69, 9.17) is 11.6 Å². The first-order chi connectivity index (χ1) is 13.8. The molecule has 0 aliphatic rings. The molecule has 3 aromatic rings. The number of hydrogen-bond acceptors (Lipinski definition) is 7. The second-order valence-corrected chi connectivity index (χ2v) is 6.64. The number of hydrogen-bond donors (Lipinski definition) is 3. The first-order valence-corrected chi connectivity index (χ1v) is 8.88. The fourth-order valence-electron chi connectivity index (χ4n) is 2.52. The van der Waals surface area contributed by atoms with Gasteiger partial charge in [-0.15, -0.1) is 0 Å². The van der Waals surface area contributed by atoms with Gasteiger partial charge in [0.1, 0.15) is 6.33 Å². The quantitative estimate of drug-likeness (QED) is 0.410. The number of carbonyl (C=O) groups excluding carboxylic acids is 1. The number of nitrogens with zero attached hydrogens (tertiary/aromatic N) is 3. The van der Waals surface area contributed by atoms with Crippen molar-refractivity contribution in [2.45, 2.75) is 13.8 Å². The van der Waals surface area contributed by atoms with Crippen LogP contribution >= 0.6 is 11.6 Å². The zero-order chi connectivity index (χ0) is 21.0. The maximum absolute atomic E-state index is 12.2. The van der Waals surface area contributed by atoms with Gasteiger partial charge in [-0.1, -0.05) is 23.7 Å². The fourth-order valence-corrected chi connectivity index (χ4v) is 2.65. The summed E-state index contributed by atoms with van der Waals surface area (Å²) in [5.41, 5.74) is 7.38. The molecule has 3 rings (SSSR count). The Morgan fingerprint density at radius 1 is 1.07 bits per heavy atom. The van der Waals surface area contributed by atoms with E-state index < -0.39 is 16.5 Å². The lowest BCUT2D eigenvalue weighted by atomic mass is 10.1. The number of aryl methyl sites for hydroxylation is 2. The SMILES string of the molecule is Cc1ccc(C)c(Nc2ncnc(NNC(=O)c3ccc(Cl)cc3)c2[N+](=O)[O-])c1. The maximum atomic E-state index is 12.2. The molecular weight excluding hydrogens is 396 g/mol. The predicted molar refractivity (Wildman–Crippen MR) is 110 cm³/mol. The minimum atomic E-state index is -0.621. The molecule has 0 spiro atoms. The van der Waals surface area contributed by atoms with Gasteiger partial charge in [0.2, 0.25) is 11.6 Å². The summed E-state index contributed by atoms with van der Waals surface area (Å²) >= 11 is 5.80.